The molecule has 9 nitrogen and oxygen atoms in total. The van der Waals surface area contributed by atoms with Gasteiger partial charge in [-0.1, -0.05) is 340 Å². The van der Waals surface area contributed by atoms with Crippen LogP contribution >= 0.6 is 0 Å². The normalized spacial score (nSPS) is 18.7. The summed E-state index contributed by atoms with van der Waals surface area (Å²) in [6.07, 6.45) is 95.5. The van der Waals surface area contributed by atoms with Gasteiger partial charge in [-0.3, -0.25) is 4.79 Å². The van der Waals surface area contributed by atoms with E-state index in [2.05, 4.69) is 141 Å². The van der Waals surface area contributed by atoms with E-state index in [0.29, 0.717) is 6.42 Å². The fourth-order valence-corrected chi connectivity index (χ4v) is 11.0. The van der Waals surface area contributed by atoms with E-state index in [9.17, 15) is 30.3 Å². The topological polar surface area (TPSA) is 149 Å². The summed E-state index contributed by atoms with van der Waals surface area (Å²) in [7, 11) is 0. The zero-order valence-corrected chi connectivity index (χ0v) is 57.1. The van der Waals surface area contributed by atoms with Crippen LogP contribution < -0.4 is 5.32 Å². The maximum absolute atomic E-state index is 13.1. The van der Waals surface area contributed by atoms with Gasteiger partial charge in [-0.25, -0.2) is 0 Å². The van der Waals surface area contributed by atoms with Gasteiger partial charge in [0.2, 0.25) is 5.91 Å². The fraction of sp³-hybridized carbons (Fsp3) is 0.713. The van der Waals surface area contributed by atoms with E-state index >= 15 is 0 Å². The minimum absolute atomic E-state index is 0.193. The Bertz CT molecular complexity index is 1870. The number of rotatable bonds is 63. The van der Waals surface area contributed by atoms with Crippen molar-refractivity contribution in [2.75, 3.05) is 13.2 Å². The average molecular weight is 1240 g/mol. The molecule has 9 heteroatoms. The first kappa shape index (κ1) is 83.3. The summed E-state index contributed by atoms with van der Waals surface area (Å²) in [6.45, 7) is 3.68. The molecule has 510 valence electrons. The zero-order valence-electron chi connectivity index (χ0n) is 57.1. The number of unbranched alkanes of at least 4 members (excludes halogenated alkanes) is 33. The Morgan fingerprint density at radius 1 is 0.393 bits per heavy atom. The van der Waals surface area contributed by atoms with Gasteiger partial charge >= 0.3 is 0 Å². The number of hydrogen-bond acceptors (Lipinski definition) is 8. The van der Waals surface area contributed by atoms with Crippen LogP contribution in [0.15, 0.2) is 134 Å². The molecule has 7 unspecified atom stereocenters. The molecule has 0 bridgehead atoms. The number of carbonyl (C=O) groups excluding carboxylic acids is 1. The van der Waals surface area contributed by atoms with Crippen LogP contribution in [0.5, 0.6) is 0 Å². The van der Waals surface area contributed by atoms with E-state index in [0.717, 1.165) is 128 Å². The van der Waals surface area contributed by atoms with Crippen molar-refractivity contribution in [3.05, 3.63) is 134 Å². The highest BCUT2D eigenvalue weighted by atomic mass is 16.7. The van der Waals surface area contributed by atoms with E-state index in [1.165, 1.54) is 161 Å². The second-order valence-electron chi connectivity index (χ2n) is 25.0. The number of allylic oxidation sites excluding steroid dienone is 21. The maximum Gasteiger partial charge on any atom is 0.220 e. The van der Waals surface area contributed by atoms with Gasteiger partial charge in [-0.15, -0.1) is 0 Å². The third-order valence-corrected chi connectivity index (χ3v) is 16.7. The number of ether oxygens (including phenoxy) is 2. The average Bonchev–Trinajstić information content (AvgIpc) is 2.28. The fourth-order valence-electron chi connectivity index (χ4n) is 11.0. The molecule has 89 heavy (non-hydrogen) atoms. The van der Waals surface area contributed by atoms with Crippen LogP contribution in [-0.4, -0.2) is 87.5 Å². The molecule has 7 atom stereocenters. The molecule has 1 amide bonds. The van der Waals surface area contributed by atoms with E-state index in [1.54, 1.807) is 6.08 Å². The molecule has 1 fully saturated rings. The first-order chi connectivity index (χ1) is 43.8. The molecule has 0 aliphatic carbocycles. The Hall–Kier alpha value is -3.67. The number of amides is 1. The van der Waals surface area contributed by atoms with Crippen molar-refractivity contribution in [1.29, 1.82) is 0 Å². The van der Waals surface area contributed by atoms with Gasteiger partial charge < -0.3 is 40.3 Å². The highest BCUT2D eigenvalue weighted by molar-refractivity contribution is 5.76. The number of carbonyl (C=O) groups is 1. The number of nitrogens with one attached hydrogen (secondary N) is 1. The highest BCUT2D eigenvalue weighted by Gasteiger charge is 2.44. The van der Waals surface area contributed by atoms with Crippen molar-refractivity contribution in [2.24, 2.45) is 0 Å². The van der Waals surface area contributed by atoms with Crippen LogP contribution in [0.1, 0.15) is 309 Å². The third kappa shape index (κ3) is 55.7. The standard InChI is InChI=1S/C80H137NO8/c1-3-5-7-9-11-13-15-17-19-21-23-25-27-29-31-33-34-35-36-37-38-39-40-42-44-46-48-50-52-54-56-58-60-62-64-66-68-70-76(84)81-73(72-88-80-79(87)78(86)77(85)75(71-82)89-80)74(83)69-67-65-63-61-59-57-55-53-51-49-47-45-43-41-32-30-28-26-24-22-20-18-16-14-12-10-8-6-4-2/h5,7,11,13,17,19,23,25,29,31,34-35,37-38,40,42,46,48,52,54,67,69,73-75,77-80,82-83,85-87H,3-4,6,8-10,12,14-16,18,20-22,24,26-28,30,32-33,36,39,41,43-45,47,49-51,53,55-66,68,70-72H2,1-2H3,(H,81,84)/b7-5-,13-11-,19-17-,25-23-,31-29-,35-34-,38-37-,42-40-,48-46-,54-52-,69-67+. The summed E-state index contributed by atoms with van der Waals surface area (Å²) in [6, 6.07) is -0.825. The second-order valence-corrected chi connectivity index (χ2v) is 25.0. The summed E-state index contributed by atoms with van der Waals surface area (Å²) >= 11 is 0. The lowest BCUT2D eigenvalue weighted by Crippen LogP contribution is -2.60. The molecule has 1 rings (SSSR count). The Morgan fingerprint density at radius 3 is 1.03 bits per heavy atom. The molecule has 1 heterocycles. The zero-order chi connectivity index (χ0) is 64.2. The summed E-state index contributed by atoms with van der Waals surface area (Å²) in [5, 5.41) is 54.8. The number of hydrogen-bond donors (Lipinski definition) is 6. The Balaban J connectivity index is 2.17. The first-order valence-corrected chi connectivity index (χ1v) is 36.9. The lowest BCUT2D eigenvalue weighted by atomic mass is 9.99. The first-order valence-electron chi connectivity index (χ1n) is 36.9. The van der Waals surface area contributed by atoms with Crippen LogP contribution in [0.25, 0.3) is 0 Å². The minimum atomic E-state index is -1.58. The minimum Gasteiger partial charge on any atom is -0.394 e. The molecular formula is C80H137NO8. The molecule has 0 radical (unpaired) electrons. The summed E-state index contributed by atoms with van der Waals surface area (Å²) in [5.74, 6) is -0.193. The molecule has 0 spiro atoms. The molecule has 6 N–H and O–H groups in total. The van der Waals surface area contributed by atoms with Crippen molar-refractivity contribution in [2.45, 2.75) is 352 Å². The lowest BCUT2D eigenvalue weighted by molar-refractivity contribution is -0.302. The largest absolute Gasteiger partial charge is 0.394 e. The van der Waals surface area contributed by atoms with E-state index in [1.807, 2.05) is 6.08 Å². The molecule has 0 saturated carbocycles. The molecule has 0 aromatic carbocycles. The van der Waals surface area contributed by atoms with Gasteiger partial charge in [0.15, 0.2) is 6.29 Å². The molecule has 1 aliphatic rings. The van der Waals surface area contributed by atoms with Crippen LogP contribution in [0.3, 0.4) is 0 Å². The van der Waals surface area contributed by atoms with Crippen LogP contribution in [0, 0.1) is 0 Å². The van der Waals surface area contributed by atoms with Crippen molar-refractivity contribution in [3.8, 4) is 0 Å². The van der Waals surface area contributed by atoms with Crippen LogP contribution in [0.4, 0.5) is 0 Å². The van der Waals surface area contributed by atoms with Crippen molar-refractivity contribution in [1.82, 2.24) is 5.32 Å². The number of aliphatic hydroxyl groups is 5. The van der Waals surface area contributed by atoms with E-state index < -0.39 is 49.5 Å². The highest BCUT2D eigenvalue weighted by Crippen LogP contribution is 2.23. The SMILES string of the molecule is CC/C=C\C/C=C\C/C=C\C/C=C\C/C=C\C/C=C\C/C=C\C/C=C\C/C=C\C/C=C\CCCCCCCCC(=O)NC(COC1OC(CO)C(O)C(O)C1O)C(O)/C=C/CCCCCCCCCCCCCCCCCCCCCCCCCCCCC. The van der Waals surface area contributed by atoms with Crippen LogP contribution in [0.2, 0.25) is 0 Å². The molecule has 1 aliphatic heterocycles. The Kier molecular flexibility index (Phi) is 63.0. The van der Waals surface area contributed by atoms with Gasteiger partial charge in [0.05, 0.1) is 25.4 Å². The predicted octanol–water partition coefficient (Wildman–Crippen LogP) is 20.8. The van der Waals surface area contributed by atoms with Gasteiger partial charge in [0.1, 0.15) is 24.4 Å². The van der Waals surface area contributed by atoms with Crippen molar-refractivity contribution >= 4 is 5.91 Å². The second kappa shape index (κ2) is 67.2. The quantitative estimate of drug-likeness (QED) is 0.0261. The summed E-state index contributed by atoms with van der Waals surface area (Å²) < 4.78 is 11.3. The monoisotopic (exact) mass is 1240 g/mol. The van der Waals surface area contributed by atoms with Gasteiger partial charge in [0.25, 0.3) is 0 Å². The number of aliphatic hydroxyl groups excluding tert-OH is 5. The Labute approximate surface area is 547 Å². The summed E-state index contributed by atoms with van der Waals surface area (Å²) in [4.78, 5) is 13.1. The lowest BCUT2D eigenvalue weighted by Gasteiger charge is -2.40. The molecule has 0 aromatic rings. The van der Waals surface area contributed by atoms with Gasteiger partial charge in [-0.2, -0.15) is 0 Å². The molecule has 0 aromatic heterocycles. The van der Waals surface area contributed by atoms with Crippen molar-refractivity contribution in [3.63, 3.8) is 0 Å². The summed E-state index contributed by atoms with van der Waals surface area (Å²) in [5.41, 5.74) is 0. The van der Waals surface area contributed by atoms with Gasteiger partial charge in [-0.05, 0) is 96.3 Å². The molecular weight excluding hydrogens is 1100 g/mol. The Morgan fingerprint density at radius 2 is 0.697 bits per heavy atom. The van der Waals surface area contributed by atoms with Crippen molar-refractivity contribution < 1.29 is 39.8 Å². The third-order valence-electron chi connectivity index (χ3n) is 16.7. The van der Waals surface area contributed by atoms with Crippen LogP contribution in [-0.2, 0) is 14.3 Å². The predicted molar refractivity (Wildman–Crippen MR) is 382 cm³/mol. The molecule has 1 saturated heterocycles. The smallest absolute Gasteiger partial charge is 0.220 e. The van der Waals surface area contributed by atoms with Gasteiger partial charge in [0, 0.05) is 6.42 Å². The van der Waals surface area contributed by atoms with E-state index in [4.69, 9.17) is 9.47 Å². The maximum atomic E-state index is 13.1. The van der Waals surface area contributed by atoms with E-state index in [-0.39, 0.29) is 12.5 Å².